The van der Waals surface area contributed by atoms with Gasteiger partial charge in [0.05, 0.1) is 13.2 Å². The molecule has 174 valence electrons. The van der Waals surface area contributed by atoms with E-state index in [4.69, 9.17) is 14.2 Å². The Morgan fingerprint density at radius 3 is 2.88 bits per heavy atom. The first-order valence-electron chi connectivity index (χ1n) is 11.1. The predicted molar refractivity (Wildman–Crippen MR) is 129 cm³/mol. The Bertz CT molecular complexity index is 1320. The van der Waals surface area contributed by atoms with Crippen LogP contribution in [-0.4, -0.2) is 42.9 Å². The quantitative estimate of drug-likeness (QED) is 0.374. The number of fused-ring (bicyclic) bond motifs is 2. The summed E-state index contributed by atoms with van der Waals surface area (Å²) in [4.78, 5) is 20.3. The summed E-state index contributed by atoms with van der Waals surface area (Å²) in [5.41, 5.74) is 4.90. The highest BCUT2D eigenvalue weighted by atomic mass is 16.7. The number of methoxy groups -OCH3 is 1. The van der Waals surface area contributed by atoms with E-state index in [0.29, 0.717) is 30.3 Å². The van der Waals surface area contributed by atoms with Crippen LogP contribution in [0.3, 0.4) is 0 Å². The molecule has 8 heteroatoms. The standard InChI is InChI=1S/C26H26N4O4/c1-27-26(31)22(11-18-14-29-21-6-4-3-5-19(18)21)28-12-16-9-20(25-23(10-16)33-15-34-25)17-7-8-24(32-2)30-13-17/h3-10,13-14,22,28-29H,11-12,15H2,1-2H3,(H,27,31)/t22-/m0/s1. The van der Waals surface area contributed by atoms with Crippen molar-refractivity contribution in [3.63, 3.8) is 0 Å². The van der Waals surface area contributed by atoms with Crippen LogP contribution >= 0.6 is 0 Å². The molecule has 0 fully saturated rings. The lowest BCUT2D eigenvalue weighted by molar-refractivity contribution is -0.122. The third-order valence-electron chi connectivity index (χ3n) is 6.00. The SMILES string of the molecule is CNC(=O)[C@H](Cc1c[nH]c2ccccc12)NCc1cc2c(c(-c3ccc(OC)nc3)c1)OCO2. The van der Waals surface area contributed by atoms with Gasteiger partial charge in [-0.1, -0.05) is 18.2 Å². The van der Waals surface area contributed by atoms with Gasteiger partial charge in [0.15, 0.2) is 11.5 Å². The van der Waals surface area contributed by atoms with Gasteiger partial charge in [0, 0.05) is 54.1 Å². The maximum atomic E-state index is 12.7. The molecule has 0 saturated carbocycles. The van der Waals surface area contributed by atoms with Crippen LogP contribution in [0.15, 0.2) is 60.9 Å². The highest BCUT2D eigenvalue weighted by Gasteiger charge is 2.23. The summed E-state index contributed by atoms with van der Waals surface area (Å²) in [5.74, 6) is 1.85. The second kappa shape index (κ2) is 9.44. The van der Waals surface area contributed by atoms with Gasteiger partial charge in [-0.05, 0) is 41.8 Å². The summed E-state index contributed by atoms with van der Waals surface area (Å²) in [7, 11) is 3.24. The number of benzene rings is 2. The Morgan fingerprint density at radius 1 is 1.21 bits per heavy atom. The van der Waals surface area contributed by atoms with Gasteiger partial charge < -0.3 is 29.8 Å². The molecule has 1 amide bonds. The number of H-pyrrole nitrogens is 1. The number of amides is 1. The molecule has 3 N–H and O–H groups in total. The molecule has 1 atom stereocenters. The number of carbonyl (C=O) groups is 1. The maximum Gasteiger partial charge on any atom is 0.237 e. The first-order valence-corrected chi connectivity index (χ1v) is 11.1. The molecule has 1 aliphatic rings. The van der Waals surface area contributed by atoms with Gasteiger partial charge in [0.1, 0.15) is 0 Å². The lowest BCUT2D eigenvalue weighted by Gasteiger charge is -2.18. The number of ether oxygens (including phenoxy) is 3. The summed E-state index contributed by atoms with van der Waals surface area (Å²) in [5, 5.41) is 7.32. The lowest BCUT2D eigenvalue weighted by atomic mass is 10.0. The number of nitrogens with zero attached hydrogens (tertiary/aromatic N) is 1. The zero-order chi connectivity index (χ0) is 23.5. The van der Waals surface area contributed by atoms with Crippen LogP contribution in [0.5, 0.6) is 17.4 Å². The van der Waals surface area contributed by atoms with E-state index in [-0.39, 0.29) is 12.7 Å². The number of aromatic nitrogens is 2. The summed E-state index contributed by atoms with van der Waals surface area (Å²) < 4.78 is 16.6. The Labute approximate surface area is 197 Å². The van der Waals surface area contributed by atoms with Gasteiger partial charge in [0.2, 0.25) is 18.6 Å². The van der Waals surface area contributed by atoms with Crippen molar-refractivity contribution < 1.29 is 19.0 Å². The molecule has 0 bridgehead atoms. The molecule has 0 spiro atoms. The Balaban J connectivity index is 1.39. The zero-order valence-corrected chi connectivity index (χ0v) is 19.1. The van der Waals surface area contributed by atoms with Gasteiger partial charge in [0.25, 0.3) is 0 Å². The fraction of sp³-hybridized carbons (Fsp3) is 0.231. The molecular formula is C26H26N4O4. The van der Waals surface area contributed by atoms with Crippen LogP contribution in [0.25, 0.3) is 22.0 Å². The number of hydrogen-bond donors (Lipinski definition) is 3. The van der Waals surface area contributed by atoms with Crippen molar-refractivity contribution in [3.8, 4) is 28.5 Å². The number of aromatic amines is 1. The maximum absolute atomic E-state index is 12.7. The average molecular weight is 459 g/mol. The van der Waals surface area contributed by atoms with E-state index >= 15 is 0 Å². The van der Waals surface area contributed by atoms with Crippen molar-refractivity contribution in [1.82, 2.24) is 20.6 Å². The molecule has 0 unspecified atom stereocenters. The first-order chi connectivity index (χ1) is 16.7. The zero-order valence-electron chi connectivity index (χ0n) is 19.1. The largest absolute Gasteiger partial charge is 0.481 e. The number of likely N-dealkylation sites (N-methyl/N-ethyl adjacent to an activating group) is 1. The molecule has 5 rings (SSSR count). The molecule has 2 aromatic heterocycles. The Hall–Kier alpha value is -4.04. The van der Waals surface area contributed by atoms with Crippen molar-refractivity contribution >= 4 is 16.8 Å². The van der Waals surface area contributed by atoms with E-state index in [2.05, 4.69) is 26.7 Å². The molecule has 4 aromatic rings. The Kier molecular flexibility index (Phi) is 6.05. The number of nitrogens with one attached hydrogen (secondary N) is 3. The molecule has 8 nitrogen and oxygen atoms in total. The molecule has 34 heavy (non-hydrogen) atoms. The fourth-order valence-corrected chi connectivity index (χ4v) is 4.24. The molecule has 2 aromatic carbocycles. The number of carbonyl (C=O) groups excluding carboxylic acids is 1. The van der Waals surface area contributed by atoms with E-state index in [1.807, 2.05) is 48.7 Å². The number of para-hydroxylation sites is 1. The normalized spacial score (nSPS) is 13.1. The summed E-state index contributed by atoms with van der Waals surface area (Å²) >= 11 is 0. The minimum absolute atomic E-state index is 0.0643. The third-order valence-corrected chi connectivity index (χ3v) is 6.00. The lowest BCUT2D eigenvalue weighted by Crippen LogP contribution is -2.44. The second-order valence-corrected chi connectivity index (χ2v) is 8.08. The van der Waals surface area contributed by atoms with E-state index in [1.165, 1.54) is 0 Å². The van der Waals surface area contributed by atoms with Crippen LogP contribution in [0, 0.1) is 0 Å². The third kappa shape index (κ3) is 4.27. The van der Waals surface area contributed by atoms with E-state index < -0.39 is 6.04 Å². The fourth-order valence-electron chi connectivity index (χ4n) is 4.24. The van der Waals surface area contributed by atoms with Gasteiger partial charge in [-0.25, -0.2) is 4.98 Å². The topological polar surface area (TPSA) is 97.5 Å². The molecule has 0 saturated heterocycles. The minimum atomic E-state index is -0.402. The smallest absolute Gasteiger partial charge is 0.237 e. The van der Waals surface area contributed by atoms with Crippen molar-refractivity contribution in [3.05, 3.63) is 72.1 Å². The molecular weight excluding hydrogens is 432 g/mol. The van der Waals surface area contributed by atoms with Crippen LogP contribution in [0.2, 0.25) is 0 Å². The van der Waals surface area contributed by atoms with Gasteiger partial charge in [-0.2, -0.15) is 0 Å². The van der Waals surface area contributed by atoms with Crippen LogP contribution < -0.4 is 24.8 Å². The average Bonchev–Trinajstić information content (AvgIpc) is 3.52. The highest BCUT2D eigenvalue weighted by Crippen LogP contribution is 2.42. The van der Waals surface area contributed by atoms with Gasteiger partial charge in [-0.3, -0.25) is 4.79 Å². The molecule has 0 aliphatic carbocycles. The second-order valence-electron chi connectivity index (χ2n) is 8.08. The van der Waals surface area contributed by atoms with Crippen molar-refractivity contribution in [1.29, 1.82) is 0 Å². The number of rotatable bonds is 8. The highest BCUT2D eigenvalue weighted by molar-refractivity contribution is 5.86. The van der Waals surface area contributed by atoms with Gasteiger partial charge >= 0.3 is 0 Å². The van der Waals surface area contributed by atoms with Crippen molar-refractivity contribution in [2.24, 2.45) is 0 Å². The van der Waals surface area contributed by atoms with Crippen LogP contribution in [0.1, 0.15) is 11.1 Å². The summed E-state index contributed by atoms with van der Waals surface area (Å²) in [6.07, 6.45) is 4.28. The number of hydrogen-bond acceptors (Lipinski definition) is 6. The van der Waals surface area contributed by atoms with Crippen LogP contribution in [0.4, 0.5) is 0 Å². The summed E-state index contributed by atoms with van der Waals surface area (Å²) in [6.45, 7) is 0.651. The number of pyridine rings is 1. The summed E-state index contributed by atoms with van der Waals surface area (Å²) in [6, 6.07) is 15.4. The molecule has 1 aliphatic heterocycles. The molecule has 3 heterocycles. The van der Waals surface area contributed by atoms with E-state index in [9.17, 15) is 4.79 Å². The minimum Gasteiger partial charge on any atom is -0.481 e. The van der Waals surface area contributed by atoms with E-state index in [1.54, 1.807) is 20.4 Å². The van der Waals surface area contributed by atoms with E-state index in [0.717, 1.165) is 33.2 Å². The molecule has 0 radical (unpaired) electrons. The van der Waals surface area contributed by atoms with Crippen molar-refractivity contribution in [2.45, 2.75) is 19.0 Å². The van der Waals surface area contributed by atoms with Crippen LogP contribution in [-0.2, 0) is 17.8 Å². The van der Waals surface area contributed by atoms with Gasteiger partial charge in [-0.15, -0.1) is 0 Å². The predicted octanol–water partition coefficient (Wildman–Crippen LogP) is 3.41. The Morgan fingerprint density at radius 2 is 2.09 bits per heavy atom. The monoisotopic (exact) mass is 458 g/mol. The first kappa shape index (κ1) is 21.8. The van der Waals surface area contributed by atoms with Crippen molar-refractivity contribution in [2.75, 3.05) is 21.0 Å².